The van der Waals surface area contributed by atoms with Gasteiger partial charge in [0.25, 0.3) is 0 Å². The number of nitrogens with one attached hydrogen (secondary N) is 2. The van der Waals surface area contributed by atoms with Gasteiger partial charge in [-0.05, 0) is 56.1 Å². The third-order valence-electron chi connectivity index (χ3n) is 5.40. The second-order valence-corrected chi connectivity index (χ2v) is 7.83. The topological polar surface area (TPSA) is 58.1 Å². The largest absolute Gasteiger partial charge is 0.490 e. The van der Waals surface area contributed by atoms with Crippen molar-refractivity contribution in [1.29, 1.82) is 0 Å². The summed E-state index contributed by atoms with van der Waals surface area (Å²) in [5.74, 6) is 2.34. The molecule has 2 aliphatic heterocycles. The molecule has 1 fully saturated rings. The first-order valence-electron chi connectivity index (χ1n) is 11.1. The summed E-state index contributed by atoms with van der Waals surface area (Å²) in [5.41, 5.74) is 3.51. The van der Waals surface area contributed by atoms with Crippen LogP contribution in [0.25, 0.3) is 0 Å². The highest BCUT2D eigenvalue weighted by molar-refractivity contribution is 14.0. The lowest BCUT2D eigenvalue weighted by molar-refractivity contribution is 0.297. The van der Waals surface area contributed by atoms with Crippen LogP contribution in [0.3, 0.4) is 0 Å². The molecule has 0 saturated carbocycles. The molecule has 2 aromatic carbocycles. The summed E-state index contributed by atoms with van der Waals surface area (Å²) >= 11 is 0. The molecule has 0 aromatic heterocycles. The number of likely N-dealkylation sites (tertiary alicyclic amines) is 1. The van der Waals surface area contributed by atoms with Gasteiger partial charge >= 0.3 is 0 Å². The van der Waals surface area contributed by atoms with Crippen molar-refractivity contribution in [3.63, 3.8) is 0 Å². The third-order valence-corrected chi connectivity index (χ3v) is 5.40. The van der Waals surface area contributed by atoms with Gasteiger partial charge in [0.15, 0.2) is 17.5 Å². The van der Waals surface area contributed by atoms with Crippen molar-refractivity contribution >= 4 is 35.6 Å². The molecule has 6 nitrogen and oxygen atoms in total. The van der Waals surface area contributed by atoms with E-state index in [-0.39, 0.29) is 24.0 Å². The number of guanidine groups is 1. The van der Waals surface area contributed by atoms with Crippen LogP contribution in [0.2, 0.25) is 0 Å². The van der Waals surface area contributed by atoms with E-state index in [1.54, 1.807) is 0 Å². The normalized spacial score (nSPS) is 16.4. The number of rotatable bonds is 6. The first-order valence-corrected chi connectivity index (χ1v) is 11.1. The Balaban J connectivity index is 0.00000272. The maximum absolute atomic E-state index is 5.79. The lowest BCUT2D eigenvalue weighted by Gasteiger charge is -2.15. The van der Waals surface area contributed by atoms with Crippen molar-refractivity contribution < 1.29 is 9.47 Å². The van der Waals surface area contributed by atoms with Crippen LogP contribution in [0.1, 0.15) is 37.3 Å². The standard InChI is InChI=1S/C24H32N4O2.HI/c1-2-25-24(27-21-10-11-22-23(16-21)30-15-5-14-29-22)26-17-19-6-8-20(9-7-19)18-28-12-3-4-13-28;/h6-11,16H,2-5,12-15,17-18H2,1H3,(H2,25,26,27);1H. The monoisotopic (exact) mass is 536 g/mol. The molecule has 2 heterocycles. The summed E-state index contributed by atoms with van der Waals surface area (Å²) in [5, 5.41) is 6.69. The van der Waals surface area contributed by atoms with E-state index in [2.05, 4.69) is 46.7 Å². The van der Waals surface area contributed by atoms with Gasteiger partial charge in [0.2, 0.25) is 0 Å². The molecule has 0 bridgehead atoms. The van der Waals surface area contributed by atoms with Crippen LogP contribution in [-0.2, 0) is 13.1 Å². The predicted molar refractivity (Wildman–Crippen MR) is 137 cm³/mol. The molecule has 0 spiro atoms. The fourth-order valence-electron chi connectivity index (χ4n) is 3.80. The van der Waals surface area contributed by atoms with E-state index >= 15 is 0 Å². The van der Waals surface area contributed by atoms with Gasteiger partial charge in [-0.15, -0.1) is 24.0 Å². The van der Waals surface area contributed by atoms with Gasteiger partial charge in [-0.2, -0.15) is 0 Å². The minimum absolute atomic E-state index is 0. The zero-order chi connectivity index (χ0) is 20.6. The predicted octanol–water partition coefficient (Wildman–Crippen LogP) is 4.64. The smallest absolute Gasteiger partial charge is 0.196 e. The lowest BCUT2D eigenvalue weighted by atomic mass is 10.1. The number of nitrogens with zero attached hydrogens (tertiary/aromatic N) is 2. The molecular formula is C24H33IN4O2. The average molecular weight is 536 g/mol. The summed E-state index contributed by atoms with van der Waals surface area (Å²) in [7, 11) is 0. The van der Waals surface area contributed by atoms with Crippen LogP contribution in [0.5, 0.6) is 11.5 Å². The number of anilines is 1. The van der Waals surface area contributed by atoms with Gasteiger partial charge in [-0.3, -0.25) is 4.90 Å². The molecule has 2 aliphatic rings. The summed E-state index contributed by atoms with van der Waals surface area (Å²) in [4.78, 5) is 7.28. The zero-order valence-electron chi connectivity index (χ0n) is 18.2. The summed E-state index contributed by atoms with van der Waals surface area (Å²) in [6.07, 6.45) is 3.56. The Morgan fingerprint density at radius 1 is 0.935 bits per heavy atom. The van der Waals surface area contributed by atoms with E-state index in [9.17, 15) is 0 Å². The quantitative estimate of drug-likeness (QED) is 0.320. The highest BCUT2D eigenvalue weighted by atomic mass is 127. The number of hydrogen-bond donors (Lipinski definition) is 2. The van der Waals surface area contributed by atoms with E-state index < -0.39 is 0 Å². The van der Waals surface area contributed by atoms with Crippen LogP contribution in [0.15, 0.2) is 47.5 Å². The molecule has 31 heavy (non-hydrogen) atoms. The zero-order valence-corrected chi connectivity index (χ0v) is 20.6. The highest BCUT2D eigenvalue weighted by Crippen LogP contribution is 2.32. The number of hydrogen-bond acceptors (Lipinski definition) is 4. The minimum Gasteiger partial charge on any atom is -0.490 e. The van der Waals surface area contributed by atoms with Crippen LogP contribution in [0.4, 0.5) is 5.69 Å². The van der Waals surface area contributed by atoms with Crippen molar-refractivity contribution in [2.45, 2.75) is 39.3 Å². The van der Waals surface area contributed by atoms with Crippen molar-refractivity contribution in [3.8, 4) is 11.5 Å². The molecule has 2 N–H and O–H groups in total. The summed E-state index contributed by atoms with van der Waals surface area (Å²) in [6, 6.07) is 14.7. The van der Waals surface area contributed by atoms with Crippen LogP contribution in [0, 0.1) is 0 Å². The Kier molecular flexibility index (Phi) is 9.27. The molecule has 168 valence electrons. The van der Waals surface area contributed by atoms with Gasteiger partial charge < -0.3 is 20.1 Å². The Hall–Kier alpha value is -2.00. The SMILES string of the molecule is CCNC(=NCc1ccc(CN2CCCC2)cc1)Nc1ccc2c(c1)OCCCO2.I. The van der Waals surface area contributed by atoms with E-state index in [0.717, 1.165) is 42.7 Å². The van der Waals surface area contributed by atoms with Gasteiger partial charge in [0.1, 0.15) is 0 Å². The summed E-state index contributed by atoms with van der Waals surface area (Å²) in [6.45, 7) is 8.37. The lowest BCUT2D eigenvalue weighted by Crippen LogP contribution is -2.30. The average Bonchev–Trinajstić information content (AvgIpc) is 3.16. The molecule has 7 heteroatoms. The Bertz CT molecular complexity index is 851. The highest BCUT2D eigenvalue weighted by Gasteiger charge is 2.12. The number of fused-ring (bicyclic) bond motifs is 1. The second-order valence-electron chi connectivity index (χ2n) is 7.83. The fourth-order valence-corrected chi connectivity index (χ4v) is 3.80. The third kappa shape index (κ3) is 7.00. The molecule has 0 aliphatic carbocycles. The first-order chi connectivity index (χ1) is 14.8. The van der Waals surface area contributed by atoms with E-state index in [0.29, 0.717) is 19.8 Å². The molecule has 0 atom stereocenters. The van der Waals surface area contributed by atoms with Crippen molar-refractivity contribution in [2.75, 3.05) is 38.2 Å². The van der Waals surface area contributed by atoms with Gasteiger partial charge in [0, 0.05) is 31.3 Å². The Morgan fingerprint density at radius 2 is 1.65 bits per heavy atom. The molecule has 4 rings (SSSR count). The number of aliphatic imine (C=N–C) groups is 1. The maximum atomic E-state index is 5.79. The van der Waals surface area contributed by atoms with Crippen molar-refractivity contribution in [2.24, 2.45) is 4.99 Å². The molecule has 0 unspecified atom stereocenters. The molecule has 0 amide bonds. The molecule has 0 radical (unpaired) electrons. The fraction of sp³-hybridized carbons (Fsp3) is 0.458. The van der Waals surface area contributed by atoms with Crippen molar-refractivity contribution in [1.82, 2.24) is 10.2 Å². The van der Waals surface area contributed by atoms with E-state index in [1.165, 1.54) is 37.1 Å². The first kappa shape index (κ1) is 23.7. The summed E-state index contributed by atoms with van der Waals surface area (Å²) < 4.78 is 11.5. The molecular weight excluding hydrogens is 503 g/mol. The van der Waals surface area contributed by atoms with E-state index in [1.807, 2.05) is 18.2 Å². The van der Waals surface area contributed by atoms with Gasteiger partial charge in [0.05, 0.1) is 19.8 Å². The van der Waals surface area contributed by atoms with Gasteiger partial charge in [-0.25, -0.2) is 4.99 Å². The Labute approximate surface area is 202 Å². The molecule has 1 saturated heterocycles. The second kappa shape index (κ2) is 12.1. The minimum atomic E-state index is 0. The van der Waals surface area contributed by atoms with Crippen molar-refractivity contribution in [3.05, 3.63) is 53.6 Å². The number of ether oxygens (including phenoxy) is 2. The van der Waals surface area contributed by atoms with Crippen LogP contribution >= 0.6 is 24.0 Å². The Morgan fingerprint density at radius 3 is 2.39 bits per heavy atom. The maximum Gasteiger partial charge on any atom is 0.196 e. The van der Waals surface area contributed by atoms with Gasteiger partial charge in [-0.1, -0.05) is 24.3 Å². The molecule has 2 aromatic rings. The van der Waals surface area contributed by atoms with Crippen LogP contribution < -0.4 is 20.1 Å². The number of halogens is 1. The van der Waals surface area contributed by atoms with E-state index in [4.69, 9.17) is 14.5 Å². The van der Waals surface area contributed by atoms with Crippen LogP contribution in [-0.4, -0.2) is 43.7 Å². The number of benzene rings is 2.